The van der Waals surface area contributed by atoms with Crippen molar-refractivity contribution in [2.75, 3.05) is 11.6 Å². The van der Waals surface area contributed by atoms with Gasteiger partial charge in [0.25, 0.3) is 0 Å². The van der Waals surface area contributed by atoms with Gasteiger partial charge in [0.1, 0.15) is 0 Å². The summed E-state index contributed by atoms with van der Waals surface area (Å²) in [5.41, 5.74) is 7.11. The van der Waals surface area contributed by atoms with E-state index in [-0.39, 0.29) is 24.3 Å². The SMILES string of the molecule is CCN(NC(=O)CC1c2ccccc2C=CN1C(C)=O)c1ccc(C)cc1. The van der Waals surface area contributed by atoms with E-state index in [2.05, 4.69) is 5.43 Å². The summed E-state index contributed by atoms with van der Waals surface area (Å²) in [7, 11) is 0. The molecule has 0 radical (unpaired) electrons. The second kappa shape index (κ2) is 8.08. The number of aryl methyl sites for hydroxylation is 1. The molecule has 0 spiro atoms. The molecule has 27 heavy (non-hydrogen) atoms. The Morgan fingerprint density at radius 2 is 1.81 bits per heavy atom. The highest BCUT2D eigenvalue weighted by atomic mass is 16.2. The number of hydrogen-bond acceptors (Lipinski definition) is 3. The second-order valence-corrected chi connectivity index (χ2v) is 6.71. The van der Waals surface area contributed by atoms with E-state index >= 15 is 0 Å². The minimum atomic E-state index is -0.305. The number of nitrogens with one attached hydrogen (secondary N) is 1. The Morgan fingerprint density at radius 3 is 2.48 bits per heavy atom. The fraction of sp³-hybridized carbons (Fsp3) is 0.273. The number of rotatable bonds is 5. The van der Waals surface area contributed by atoms with Crippen molar-refractivity contribution in [2.45, 2.75) is 33.2 Å². The van der Waals surface area contributed by atoms with E-state index in [4.69, 9.17) is 0 Å². The number of anilines is 1. The smallest absolute Gasteiger partial charge is 0.240 e. The predicted molar refractivity (Wildman–Crippen MR) is 108 cm³/mol. The van der Waals surface area contributed by atoms with E-state index in [0.29, 0.717) is 6.54 Å². The van der Waals surface area contributed by atoms with Crippen LogP contribution in [0.25, 0.3) is 6.08 Å². The van der Waals surface area contributed by atoms with Crippen molar-refractivity contribution in [3.63, 3.8) is 0 Å². The monoisotopic (exact) mass is 363 g/mol. The maximum absolute atomic E-state index is 12.8. The van der Waals surface area contributed by atoms with Gasteiger partial charge in [0.2, 0.25) is 11.8 Å². The van der Waals surface area contributed by atoms with Crippen LogP contribution >= 0.6 is 0 Å². The van der Waals surface area contributed by atoms with Crippen LogP contribution in [0.3, 0.4) is 0 Å². The Morgan fingerprint density at radius 1 is 1.11 bits per heavy atom. The average molecular weight is 363 g/mol. The number of carbonyl (C=O) groups is 2. The van der Waals surface area contributed by atoms with Crippen molar-refractivity contribution >= 4 is 23.6 Å². The first-order valence-corrected chi connectivity index (χ1v) is 9.19. The van der Waals surface area contributed by atoms with E-state index in [1.807, 2.05) is 73.5 Å². The Bertz CT molecular complexity index is 858. The average Bonchev–Trinajstić information content (AvgIpc) is 2.67. The van der Waals surface area contributed by atoms with Gasteiger partial charge in [0.15, 0.2) is 0 Å². The molecule has 1 heterocycles. The molecule has 1 N–H and O–H groups in total. The lowest BCUT2D eigenvalue weighted by Crippen LogP contribution is -2.44. The highest BCUT2D eigenvalue weighted by molar-refractivity contribution is 5.82. The molecule has 1 unspecified atom stereocenters. The number of hydrazine groups is 1. The van der Waals surface area contributed by atoms with Gasteiger partial charge in [-0.3, -0.25) is 20.0 Å². The van der Waals surface area contributed by atoms with Crippen LogP contribution in [0.15, 0.2) is 54.7 Å². The van der Waals surface area contributed by atoms with Crippen LogP contribution in [0, 0.1) is 6.92 Å². The van der Waals surface area contributed by atoms with E-state index < -0.39 is 0 Å². The lowest BCUT2D eigenvalue weighted by Gasteiger charge is -2.33. The van der Waals surface area contributed by atoms with Crippen molar-refractivity contribution in [2.24, 2.45) is 0 Å². The maximum Gasteiger partial charge on any atom is 0.240 e. The van der Waals surface area contributed by atoms with Gasteiger partial charge in [-0.1, -0.05) is 42.0 Å². The molecule has 1 aliphatic rings. The maximum atomic E-state index is 12.8. The van der Waals surface area contributed by atoms with Crippen molar-refractivity contribution in [1.29, 1.82) is 0 Å². The van der Waals surface area contributed by atoms with Gasteiger partial charge in [-0.25, -0.2) is 0 Å². The number of benzene rings is 2. The zero-order valence-corrected chi connectivity index (χ0v) is 16.0. The molecular weight excluding hydrogens is 338 g/mol. The van der Waals surface area contributed by atoms with E-state index in [1.54, 1.807) is 11.1 Å². The highest BCUT2D eigenvalue weighted by Gasteiger charge is 2.28. The molecular formula is C22H25N3O2. The van der Waals surface area contributed by atoms with Crippen LogP contribution in [0.4, 0.5) is 5.69 Å². The molecule has 5 nitrogen and oxygen atoms in total. The summed E-state index contributed by atoms with van der Waals surface area (Å²) in [6.45, 7) is 6.18. The van der Waals surface area contributed by atoms with Crippen LogP contribution in [-0.4, -0.2) is 23.3 Å². The largest absolute Gasteiger partial charge is 0.311 e. The second-order valence-electron chi connectivity index (χ2n) is 6.71. The summed E-state index contributed by atoms with van der Waals surface area (Å²) in [5.74, 6) is -0.205. The highest BCUT2D eigenvalue weighted by Crippen LogP contribution is 2.32. The van der Waals surface area contributed by atoms with Gasteiger partial charge >= 0.3 is 0 Å². The van der Waals surface area contributed by atoms with Crippen molar-refractivity contribution < 1.29 is 9.59 Å². The molecule has 1 aliphatic heterocycles. The van der Waals surface area contributed by atoms with Gasteiger partial charge in [-0.05, 0) is 43.2 Å². The molecule has 0 aliphatic carbocycles. The summed E-state index contributed by atoms with van der Waals surface area (Å²) < 4.78 is 0. The standard InChI is InChI=1S/C22H25N3O2/c1-4-25(19-11-9-16(2)10-12-19)23-22(27)15-21-20-8-6-5-7-18(20)13-14-24(21)17(3)26/h5-14,21H,4,15H2,1-3H3,(H,23,27). The number of nitrogens with zero attached hydrogens (tertiary/aromatic N) is 2. The van der Waals surface area contributed by atoms with Crippen LogP contribution in [0.2, 0.25) is 0 Å². The Labute approximate surface area is 160 Å². The number of fused-ring (bicyclic) bond motifs is 1. The van der Waals surface area contributed by atoms with Crippen molar-refractivity contribution in [3.05, 3.63) is 71.4 Å². The molecule has 5 heteroatoms. The van der Waals surface area contributed by atoms with Crippen LogP contribution in [-0.2, 0) is 9.59 Å². The van der Waals surface area contributed by atoms with Gasteiger partial charge in [0, 0.05) is 19.7 Å². The first-order valence-electron chi connectivity index (χ1n) is 9.19. The Balaban J connectivity index is 1.77. The minimum Gasteiger partial charge on any atom is -0.311 e. The predicted octanol–water partition coefficient (Wildman–Crippen LogP) is 3.82. The van der Waals surface area contributed by atoms with Gasteiger partial charge < -0.3 is 4.90 Å². The third kappa shape index (κ3) is 4.19. The molecule has 1 atom stereocenters. The lowest BCUT2D eigenvalue weighted by atomic mass is 9.93. The third-order valence-electron chi connectivity index (χ3n) is 4.77. The molecule has 2 aromatic rings. The molecule has 2 amide bonds. The van der Waals surface area contributed by atoms with Crippen LogP contribution in [0.5, 0.6) is 0 Å². The fourth-order valence-corrected chi connectivity index (χ4v) is 3.34. The molecule has 2 aromatic carbocycles. The summed E-state index contributed by atoms with van der Waals surface area (Å²) in [5, 5.41) is 1.82. The lowest BCUT2D eigenvalue weighted by molar-refractivity contribution is -0.130. The normalized spacial score (nSPS) is 15.2. The van der Waals surface area contributed by atoms with Gasteiger partial charge in [-0.15, -0.1) is 0 Å². The molecule has 0 saturated heterocycles. The Hall–Kier alpha value is -3.08. The zero-order valence-electron chi connectivity index (χ0n) is 16.0. The summed E-state index contributed by atoms with van der Waals surface area (Å²) in [6.07, 6.45) is 3.87. The molecule has 0 fully saturated rings. The first kappa shape index (κ1) is 18.7. The summed E-state index contributed by atoms with van der Waals surface area (Å²) in [6, 6.07) is 15.6. The molecule has 140 valence electrons. The number of carbonyl (C=O) groups excluding carboxylic acids is 2. The molecule has 0 bridgehead atoms. The van der Waals surface area contributed by atoms with E-state index in [0.717, 1.165) is 16.8 Å². The molecule has 3 rings (SSSR count). The quantitative estimate of drug-likeness (QED) is 0.822. The van der Waals surface area contributed by atoms with Gasteiger partial charge in [0.05, 0.1) is 18.2 Å². The topological polar surface area (TPSA) is 52.7 Å². The first-order chi connectivity index (χ1) is 13.0. The van der Waals surface area contributed by atoms with Crippen molar-refractivity contribution in [1.82, 2.24) is 10.3 Å². The Kier molecular flexibility index (Phi) is 5.60. The van der Waals surface area contributed by atoms with Crippen LogP contribution < -0.4 is 10.4 Å². The number of hydrogen-bond donors (Lipinski definition) is 1. The van der Waals surface area contributed by atoms with Crippen LogP contribution in [0.1, 0.15) is 43.0 Å². The zero-order chi connectivity index (χ0) is 19.4. The van der Waals surface area contributed by atoms with Gasteiger partial charge in [-0.2, -0.15) is 0 Å². The van der Waals surface area contributed by atoms with E-state index in [9.17, 15) is 9.59 Å². The summed E-state index contributed by atoms with van der Waals surface area (Å²) in [4.78, 5) is 26.5. The minimum absolute atomic E-state index is 0.0792. The van der Waals surface area contributed by atoms with Crippen molar-refractivity contribution in [3.8, 4) is 0 Å². The third-order valence-corrected chi connectivity index (χ3v) is 4.77. The van der Waals surface area contributed by atoms with E-state index in [1.165, 1.54) is 12.5 Å². The number of amides is 2. The molecule has 0 aromatic heterocycles. The fourth-order valence-electron chi connectivity index (χ4n) is 3.34. The summed E-state index contributed by atoms with van der Waals surface area (Å²) >= 11 is 0. The molecule has 0 saturated carbocycles.